The third-order valence-electron chi connectivity index (χ3n) is 5.47. The summed E-state index contributed by atoms with van der Waals surface area (Å²) < 4.78 is 33.2. The van der Waals surface area contributed by atoms with Crippen LogP contribution in [0.1, 0.15) is 23.2 Å². The number of nitrogens with zero attached hydrogens (tertiary/aromatic N) is 3. The Balaban J connectivity index is 1.43. The Labute approximate surface area is 175 Å². The molecule has 156 valence electrons. The minimum atomic E-state index is -3.59. The summed E-state index contributed by atoms with van der Waals surface area (Å²) in [6.07, 6.45) is 2.02. The number of likely N-dealkylation sites (tertiary alicyclic amines) is 1. The Hall–Kier alpha value is -2.10. The molecule has 0 spiro atoms. The first-order valence-corrected chi connectivity index (χ1v) is 12.1. The maximum Gasteiger partial charge on any atom is 0.254 e. The van der Waals surface area contributed by atoms with E-state index in [4.69, 9.17) is 4.74 Å². The molecule has 0 unspecified atom stereocenters. The molecule has 0 radical (unpaired) electrons. The number of rotatable bonds is 5. The van der Waals surface area contributed by atoms with Crippen molar-refractivity contribution in [3.63, 3.8) is 0 Å². The summed E-state index contributed by atoms with van der Waals surface area (Å²) in [4.78, 5) is 16.5. The number of anilines is 1. The number of amides is 1. The molecule has 2 aliphatic heterocycles. The lowest BCUT2D eigenvalue weighted by Crippen LogP contribution is -2.48. The third-order valence-corrected chi connectivity index (χ3v) is 8.78. The summed E-state index contributed by atoms with van der Waals surface area (Å²) in [5.74, 6) is 0.717. The van der Waals surface area contributed by atoms with Gasteiger partial charge < -0.3 is 14.5 Å². The molecule has 4 rings (SSSR count). The average Bonchev–Trinajstić information content (AvgIpc) is 3.46. The third kappa shape index (κ3) is 4.12. The van der Waals surface area contributed by atoms with Crippen LogP contribution in [0, 0.1) is 0 Å². The fraction of sp³-hybridized carbons (Fsp3) is 0.450. The lowest BCUT2D eigenvalue weighted by atomic mass is 10.2. The van der Waals surface area contributed by atoms with Crippen LogP contribution in [0.2, 0.25) is 0 Å². The van der Waals surface area contributed by atoms with Crippen LogP contribution in [0.3, 0.4) is 0 Å². The van der Waals surface area contributed by atoms with Gasteiger partial charge in [0.2, 0.25) is 0 Å². The summed E-state index contributed by atoms with van der Waals surface area (Å²) in [6.45, 7) is 3.54. The van der Waals surface area contributed by atoms with Gasteiger partial charge in [0.15, 0.2) is 0 Å². The van der Waals surface area contributed by atoms with Crippen LogP contribution in [0.25, 0.3) is 0 Å². The summed E-state index contributed by atoms with van der Waals surface area (Å²) in [6, 6.07) is 9.32. The summed E-state index contributed by atoms with van der Waals surface area (Å²) in [5.41, 5.74) is 1.50. The molecule has 0 N–H and O–H groups in total. The summed E-state index contributed by atoms with van der Waals surface area (Å²) in [5, 5.41) is 1.67. The van der Waals surface area contributed by atoms with Crippen molar-refractivity contribution in [2.24, 2.45) is 0 Å². The van der Waals surface area contributed by atoms with Crippen molar-refractivity contribution >= 4 is 33.0 Å². The van der Waals surface area contributed by atoms with Gasteiger partial charge in [0.25, 0.3) is 15.9 Å². The Morgan fingerprint density at radius 3 is 2.45 bits per heavy atom. The van der Waals surface area contributed by atoms with Crippen molar-refractivity contribution in [1.29, 1.82) is 0 Å². The molecule has 0 bridgehead atoms. The fourth-order valence-corrected chi connectivity index (χ4v) is 6.52. The van der Waals surface area contributed by atoms with Gasteiger partial charge in [-0.2, -0.15) is 4.31 Å². The molecule has 0 aliphatic carbocycles. The predicted octanol–water partition coefficient (Wildman–Crippen LogP) is 2.50. The van der Waals surface area contributed by atoms with E-state index in [1.54, 1.807) is 17.4 Å². The molecule has 2 fully saturated rings. The van der Waals surface area contributed by atoms with E-state index in [2.05, 4.69) is 4.90 Å². The van der Waals surface area contributed by atoms with Crippen LogP contribution in [-0.2, 0) is 10.0 Å². The quantitative estimate of drug-likeness (QED) is 0.722. The van der Waals surface area contributed by atoms with Crippen molar-refractivity contribution in [3.05, 3.63) is 41.3 Å². The number of thiophene rings is 1. The second-order valence-corrected chi connectivity index (χ2v) is 10.3. The monoisotopic (exact) mass is 435 g/mol. The highest BCUT2D eigenvalue weighted by Crippen LogP contribution is 2.28. The maximum absolute atomic E-state index is 13.1. The minimum Gasteiger partial charge on any atom is -0.497 e. The van der Waals surface area contributed by atoms with Gasteiger partial charge in [0.1, 0.15) is 9.96 Å². The number of piperazine rings is 1. The molecule has 0 saturated carbocycles. The van der Waals surface area contributed by atoms with Crippen LogP contribution in [0.4, 0.5) is 5.69 Å². The standard InChI is InChI=1S/C20H25N3O4S2/c1-27-18-6-4-5-17(14-18)21-9-11-23(12-10-21)29(25,26)19-13-16(15-28-19)20(24)22-7-2-3-8-22/h4-6,13-15H,2-3,7-12H2,1H3. The summed E-state index contributed by atoms with van der Waals surface area (Å²) >= 11 is 1.13. The number of carbonyl (C=O) groups excluding carboxylic acids is 1. The van der Waals surface area contributed by atoms with Crippen molar-refractivity contribution in [2.75, 3.05) is 51.3 Å². The van der Waals surface area contributed by atoms with E-state index in [1.165, 1.54) is 10.4 Å². The van der Waals surface area contributed by atoms with E-state index in [-0.39, 0.29) is 10.1 Å². The number of hydrogen-bond donors (Lipinski definition) is 0. The number of ether oxygens (including phenoxy) is 1. The molecule has 7 nitrogen and oxygen atoms in total. The van der Waals surface area contributed by atoms with Crippen LogP contribution in [-0.4, -0.2) is 69.9 Å². The fourth-order valence-electron chi connectivity index (χ4n) is 3.79. The van der Waals surface area contributed by atoms with Gasteiger partial charge in [-0.3, -0.25) is 4.79 Å². The highest BCUT2D eigenvalue weighted by atomic mass is 32.2. The van der Waals surface area contributed by atoms with Gasteiger partial charge in [-0.25, -0.2) is 8.42 Å². The second kappa shape index (κ2) is 8.33. The zero-order valence-electron chi connectivity index (χ0n) is 16.4. The number of benzene rings is 1. The van der Waals surface area contributed by atoms with Crippen molar-refractivity contribution < 1.29 is 17.9 Å². The van der Waals surface area contributed by atoms with Crippen LogP contribution in [0.5, 0.6) is 5.75 Å². The van der Waals surface area contributed by atoms with E-state index in [1.807, 2.05) is 24.3 Å². The predicted molar refractivity (Wildman–Crippen MR) is 113 cm³/mol. The maximum atomic E-state index is 13.1. The number of methoxy groups -OCH3 is 1. The molecule has 1 aromatic heterocycles. The highest BCUT2D eigenvalue weighted by Gasteiger charge is 2.31. The number of sulfonamides is 1. The van der Waals surface area contributed by atoms with Gasteiger partial charge in [-0.1, -0.05) is 6.07 Å². The zero-order valence-corrected chi connectivity index (χ0v) is 18.0. The minimum absolute atomic E-state index is 0.0666. The lowest BCUT2D eigenvalue weighted by Gasteiger charge is -2.35. The van der Waals surface area contributed by atoms with Crippen LogP contribution >= 0.6 is 11.3 Å². The van der Waals surface area contributed by atoms with Crippen LogP contribution in [0.15, 0.2) is 39.9 Å². The van der Waals surface area contributed by atoms with E-state index >= 15 is 0 Å². The van der Waals surface area contributed by atoms with Crippen molar-refractivity contribution in [2.45, 2.75) is 17.1 Å². The second-order valence-electron chi connectivity index (χ2n) is 7.25. The summed E-state index contributed by atoms with van der Waals surface area (Å²) in [7, 11) is -1.95. The number of carbonyl (C=O) groups is 1. The van der Waals surface area contributed by atoms with Crippen molar-refractivity contribution in [3.8, 4) is 5.75 Å². The molecule has 9 heteroatoms. The molecule has 2 aromatic rings. The average molecular weight is 436 g/mol. The molecule has 0 atom stereocenters. The lowest BCUT2D eigenvalue weighted by molar-refractivity contribution is 0.0793. The normalized spacial score (nSPS) is 18.2. The number of hydrogen-bond acceptors (Lipinski definition) is 6. The van der Waals surface area contributed by atoms with Gasteiger partial charge in [0.05, 0.1) is 12.7 Å². The van der Waals surface area contributed by atoms with Gasteiger partial charge in [-0.15, -0.1) is 11.3 Å². The molecule has 1 amide bonds. The smallest absolute Gasteiger partial charge is 0.254 e. The van der Waals surface area contributed by atoms with Crippen LogP contribution < -0.4 is 9.64 Å². The Bertz CT molecular complexity index is 975. The molecular formula is C20H25N3O4S2. The van der Waals surface area contributed by atoms with E-state index in [0.29, 0.717) is 31.7 Å². The first kappa shape index (κ1) is 20.2. The van der Waals surface area contributed by atoms with E-state index in [9.17, 15) is 13.2 Å². The largest absolute Gasteiger partial charge is 0.497 e. The Morgan fingerprint density at radius 1 is 1.03 bits per heavy atom. The topological polar surface area (TPSA) is 70.2 Å². The van der Waals surface area contributed by atoms with Crippen molar-refractivity contribution in [1.82, 2.24) is 9.21 Å². The molecule has 1 aromatic carbocycles. The SMILES string of the molecule is COc1cccc(N2CCN(S(=O)(=O)c3cc(C(=O)N4CCCC4)cs3)CC2)c1. The molecular weight excluding hydrogens is 410 g/mol. The molecule has 3 heterocycles. The first-order chi connectivity index (χ1) is 14.0. The first-order valence-electron chi connectivity index (χ1n) is 9.76. The van der Waals surface area contributed by atoms with E-state index in [0.717, 1.165) is 48.7 Å². The highest BCUT2D eigenvalue weighted by molar-refractivity contribution is 7.91. The van der Waals surface area contributed by atoms with E-state index < -0.39 is 10.0 Å². The zero-order chi connectivity index (χ0) is 20.4. The molecule has 2 aliphatic rings. The molecule has 2 saturated heterocycles. The Morgan fingerprint density at radius 2 is 1.76 bits per heavy atom. The van der Waals surface area contributed by atoms with Gasteiger partial charge in [0, 0.05) is 56.4 Å². The van der Waals surface area contributed by atoms with Gasteiger partial charge >= 0.3 is 0 Å². The molecule has 29 heavy (non-hydrogen) atoms. The van der Waals surface area contributed by atoms with Gasteiger partial charge in [-0.05, 0) is 31.0 Å². The Kier molecular flexibility index (Phi) is 5.80.